The Labute approximate surface area is 99.5 Å². The minimum Gasteiger partial charge on any atom is -0.207 e. The van der Waals surface area contributed by atoms with E-state index in [1.54, 1.807) is 12.1 Å². The number of halogens is 1. The lowest BCUT2D eigenvalue weighted by Crippen LogP contribution is -2.24. The molecule has 0 bridgehead atoms. The molecule has 0 spiro atoms. The fourth-order valence-electron chi connectivity index (χ4n) is 3.11. The quantitative estimate of drug-likeness (QED) is 0.697. The van der Waals surface area contributed by atoms with E-state index in [-0.39, 0.29) is 5.82 Å². The highest BCUT2D eigenvalue weighted by atomic mass is 28.3. The van der Waals surface area contributed by atoms with Gasteiger partial charge in [-0.1, -0.05) is 32.0 Å². The molecule has 1 aliphatic rings. The topological polar surface area (TPSA) is 0 Å². The normalized spacial score (nSPS) is 19.9. The van der Waals surface area contributed by atoms with Gasteiger partial charge in [-0.3, -0.25) is 0 Å². The highest BCUT2D eigenvalue weighted by Gasteiger charge is 2.25. The molecule has 0 N–H and O–H groups in total. The molecular formula is C14H21FSi. The van der Waals surface area contributed by atoms with Crippen LogP contribution in [0.1, 0.15) is 31.4 Å². The van der Waals surface area contributed by atoms with Crippen molar-refractivity contribution in [2.45, 2.75) is 50.7 Å². The van der Waals surface area contributed by atoms with Gasteiger partial charge in [-0.05, 0) is 48.1 Å². The first-order valence-electron chi connectivity index (χ1n) is 6.51. The smallest absolute Gasteiger partial charge is 0.123 e. The van der Waals surface area contributed by atoms with E-state index in [9.17, 15) is 4.39 Å². The molecule has 1 aliphatic carbocycles. The summed E-state index contributed by atoms with van der Waals surface area (Å²) in [4.78, 5) is 0. The molecule has 2 rings (SSSR count). The summed E-state index contributed by atoms with van der Waals surface area (Å²) in [5.74, 6) is -0.0642. The summed E-state index contributed by atoms with van der Waals surface area (Å²) in [6.07, 6.45) is 3.66. The van der Waals surface area contributed by atoms with Crippen molar-refractivity contribution in [2.75, 3.05) is 0 Å². The van der Waals surface area contributed by atoms with Crippen LogP contribution in [-0.2, 0) is 12.8 Å². The van der Waals surface area contributed by atoms with Gasteiger partial charge >= 0.3 is 0 Å². The van der Waals surface area contributed by atoms with Crippen LogP contribution in [0.4, 0.5) is 4.39 Å². The molecule has 88 valence electrons. The van der Waals surface area contributed by atoms with Crippen molar-refractivity contribution in [1.82, 2.24) is 0 Å². The van der Waals surface area contributed by atoms with Crippen LogP contribution in [0.3, 0.4) is 0 Å². The zero-order valence-corrected chi connectivity index (χ0v) is 11.5. The Morgan fingerprint density at radius 1 is 1.25 bits per heavy atom. The Kier molecular flexibility index (Phi) is 3.80. The summed E-state index contributed by atoms with van der Waals surface area (Å²) in [7, 11) is -0.570. The van der Waals surface area contributed by atoms with Gasteiger partial charge < -0.3 is 0 Å². The van der Waals surface area contributed by atoms with Gasteiger partial charge in [0.25, 0.3) is 0 Å². The Morgan fingerprint density at radius 2 is 2.00 bits per heavy atom. The second kappa shape index (κ2) is 5.13. The molecule has 0 heterocycles. The fourth-order valence-corrected chi connectivity index (χ4v) is 6.25. The van der Waals surface area contributed by atoms with Gasteiger partial charge in [-0.25, -0.2) is 4.39 Å². The van der Waals surface area contributed by atoms with E-state index in [1.165, 1.54) is 36.1 Å². The second-order valence-electron chi connectivity index (χ2n) is 4.99. The second-order valence-corrected chi connectivity index (χ2v) is 9.09. The van der Waals surface area contributed by atoms with Crippen molar-refractivity contribution in [3.63, 3.8) is 0 Å². The van der Waals surface area contributed by atoms with Crippen LogP contribution in [0.2, 0.25) is 17.6 Å². The first kappa shape index (κ1) is 11.8. The third-order valence-corrected chi connectivity index (χ3v) is 8.15. The van der Waals surface area contributed by atoms with Crippen molar-refractivity contribution in [1.29, 1.82) is 0 Å². The predicted molar refractivity (Wildman–Crippen MR) is 70.3 cm³/mol. The molecule has 0 unspecified atom stereocenters. The highest BCUT2D eigenvalue weighted by molar-refractivity contribution is 6.60. The predicted octanol–water partition coefficient (Wildman–Crippen LogP) is 3.95. The Morgan fingerprint density at radius 3 is 2.69 bits per heavy atom. The number of rotatable bonds is 3. The summed E-state index contributed by atoms with van der Waals surface area (Å²) >= 11 is 0. The average molecular weight is 236 g/mol. The van der Waals surface area contributed by atoms with Gasteiger partial charge in [0.05, 0.1) is 0 Å². The maximum Gasteiger partial charge on any atom is 0.123 e. The summed E-state index contributed by atoms with van der Waals surface area (Å²) < 4.78 is 13.2. The SMILES string of the molecule is CC[SiH](CC)[C@H]1CCc2ccc(F)cc2C1. The minimum absolute atomic E-state index is 0.0642. The molecule has 0 aromatic heterocycles. The maximum absolute atomic E-state index is 13.2. The van der Waals surface area contributed by atoms with E-state index in [2.05, 4.69) is 13.8 Å². The Balaban J connectivity index is 2.16. The van der Waals surface area contributed by atoms with Crippen LogP contribution < -0.4 is 0 Å². The van der Waals surface area contributed by atoms with Crippen molar-refractivity contribution in [2.24, 2.45) is 0 Å². The van der Waals surface area contributed by atoms with Crippen LogP contribution in [0.15, 0.2) is 18.2 Å². The zero-order chi connectivity index (χ0) is 11.5. The molecule has 0 nitrogen and oxygen atoms in total. The monoisotopic (exact) mass is 236 g/mol. The number of hydrogen-bond acceptors (Lipinski definition) is 0. The van der Waals surface area contributed by atoms with Gasteiger partial charge in [0.2, 0.25) is 0 Å². The molecule has 1 aromatic carbocycles. The summed E-state index contributed by atoms with van der Waals surface area (Å²) in [5.41, 5.74) is 3.58. The van der Waals surface area contributed by atoms with Crippen LogP contribution in [0.25, 0.3) is 0 Å². The summed E-state index contributed by atoms with van der Waals surface area (Å²) in [6, 6.07) is 8.14. The van der Waals surface area contributed by atoms with Crippen LogP contribution in [0, 0.1) is 5.82 Å². The molecule has 1 atom stereocenters. The van der Waals surface area contributed by atoms with Gasteiger partial charge in [-0.2, -0.15) is 0 Å². The van der Waals surface area contributed by atoms with E-state index in [4.69, 9.17) is 0 Å². The number of benzene rings is 1. The van der Waals surface area contributed by atoms with E-state index in [0.29, 0.717) is 0 Å². The lowest BCUT2D eigenvalue weighted by Gasteiger charge is -2.29. The molecule has 0 aliphatic heterocycles. The summed E-state index contributed by atoms with van der Waals surface area (Å²) in [5, 5.41) is 0. The zero-order valence-electron chi connectivity index (χ0n) is 10.3. The Hall–Kier alpha value is -0.633. The van der Waals surface area contributed by atoms with Crippen molar-refractivity contribution >= 4 is 8.80 Å². The van der Waals surface area contributed by atoms with E-state index in [1.807, 2.05) is 6.07 Å². The molecule has 0 saturated heterocycles. The molecule has 0 saturated carbocycles. The van der Waals surface area contributed by atoms with Crippen LogP contribution in [-0.4, -0.2) is 8.80 Å². The number of hydrogen-bond donors (Lipinski definition) is 0. The molecule has 16 heavy (non-hydrogen) atoms. The van der Waals surface area contributed by atoms with Gasteiger partial charge in [0, 0.05) is 8.80 Å². The van der Waals surface area contributed by atoms with Crippen molar-refractivity contribution in [3.05, 3.63) is 35.1 Å². The molecule has 2 heteroatoms. The molecule has 1 aromatic rings. The number of aryl methyl sites for hydroxylation is 1. The Bertz CT molecular complexity index is 358. The maximum atomic E-state index is 13.2. The van der Waals surface area contributed by atoms with E-state index in [0.717, 1.165) is 12.0 Å². The number of fused-ring (bicyclic) bond motifs is 1. The third kappa shape index (κ3) is 2.37. The largest absolute Gasteiger partial charge is 0.207 e. The molecular weight excluding hydrogens is 215 g/mol. The van der Waals surface area contributed by atoms with Crippen LogP contribution >= 0.6 is 0 Å². The average Bonchev–Trinajstić information content (AvgIpc) is 2.30. The fraction of sp³-hybridized carbons (Fsp3) is 0.571. The molecule has 0 fully saturated rings. The first-order chi connectivity index (χ1) is 7.74. The highest BCUT2D eigenvalue weighted by Crippen LogP contribution is 2.33. The van der Waals surface area contributed by atoms with E-state index >= 15 is 0 Å². The first-order valence-corrected chi connectivity index (χ1v) is 8.81. The standard InChI is InChI=1S/C14H21FSi/c1-3-16(4-2)14-8-6-11-5-7-13(15)9-12(11)10-14/h5,7,9,14,16H,3-4,6,8,10H2,1-2H3/t14-/m0/s1. The molecule has 0 amide bonds. The lowest BCUT2D eigenvalue weighted by atomic mass is 9.91. The third-order valence-electron chi connectivity index (χ3n) is 4.15. The van der Waals surface area contributed by atoms with Gasteiger partial charge in [0.15, 0.2) is 0 Å². The van der Waals surface area contributed by atoms with Gasteiger partial charge in [-0.15, -0.1) is 0 Å². The van der Waals surface area contributed by atoms with Crippen molar-refractivity contribution < 1.29 is 4.39 Å². The minimum atomic E-state index is -0.570. The lowest BCUT2D eigenvalue weighted by molar-refractivity contribution is 0.611. The van der Waals surface area contributed by atoms with Crippen LogP contribution in [0.5, 0.6) is 0 Å². The van der Waals surface area contributed by atoms with E-state index < -0.39 is 8.80 Å². The van der Waals surface area contributed by atoms with Gasteiger partial charge in [0.1, 0.15) is 5.82 Å². The summed E-state index contributed by atoms with van der Waals surface area (Å²) in [6.45, 7) is 4.67. The van der Waals surface area contributed by atoms with Crippen molar-refractivity contribution in [3.8, 4) is 0 Å². The molecule has 0 radical (unpaired) electrons.